The molecule has 80 valence electrons. The molecule has 1 aliphatic carbocycles. The third-order valence-corrected chi connectivity index (χ3v) is 3.78. The van der Waals surface area contributed by atoms with E-state index in [9.17, 15) is 4.79 Å². The molecule has 4 heteroatoms. The molecule has 0 saturated heterocycles. The summed E-state index contributed by atoms with van der Waals surface area (Å²) in [6.07, 6.45) is 7.35. The Morgan fingerprint density at radius 2 is 2.40 bits per heavy atom. The lowest BCUT2D eigenvalue weighted by Gasteiger charge is -2.18. The highest BCUT2D eigenvalue weighted by molar-refractivity contribution is 7.80. The van der Waals surface area contributed by atoms with Crippen molar-refractivity contribution in [3.63, 3.8) is 0 Å². The van der Waals surface area contributed by atoms with Crippen LogP contribution in [0.3, 0.4) is 0 Å². The molecule has 1 heterocycles. The molecule has 0 aromatic carbocycles. The van der Waals surface area contributed by atoms with Crippen LogP contribution in [0.15, 0.2) is 28.5 Å². The first-order valence-corrected chi connectivity index (χ1v) is 6.32. The van der Waals surface area contributed by atoms with Gasteiger partial charge in [0.2, 0.25) is 0 Å². The van der Waals surface area contributed by atoms with Gasteiger partial charge in [-0.3, -0.25) is 4.79 Å². The predicted octanol–water partition coefficient (Wildman–Crippen LogP) is 2.88. The zero-order chi connectivity index (χ0) is 10.7. The average molecular weight is 239 g/mol. The van der Waals surface area contributed by atoms with Crippen LogP contribution in [0.5, 0.6) is 0 Å². The Morgan fingerprint density at radius 1 is 1.53 bits per heavy atom. The third kappa shape index (κ3) is 2.86. The molecule has 1 atom stereocenters. The average Bonchev–Trinajstić information content (AvgIpc) is 2.66. The minimum Gasteiger partial charge on any atom is -0.348 e. The summed E-state index contributed by atoms with van der Waals surface area (Å²) in [7, 11) is 0. The minimum absolute atomic E-state index is 0.0283. The predicted molar refractivity (Wildman–Crippen MR) is 65.8 cm³/mol. The van der Waals surface area contributed by atoms with Crippen molar-refractivity contribution < 1.29 is 4.79 Å². The number of rotatable bonds is 2. The maximum atomic E-state index is 11.8. The third-order valence-electron chi connectivity index (χ3n) is 2.41. The van der Waals surface area contributed by atoms with E-state index in [0.717, 1.165) is 29.0 Å². The lowest BCUT2D eigenvalue weighted by atomic mass is 10.0. The summed E-state index contributed by atoms with van der Waals surface area (Å²) in [4.78, 5) is 13.4. The summed E-state index contributed by atoms with van der Waals surface area (Å²) in [6.45, 7) is 0. The van der Waals surface area contributed by atoms with Gasteiger partial charge in [0.1, 0.15) is 0 Å². The summed E-state index contributed by atoms with van der Waals surface area (Å²) in [5.41, 5.74) is 0. The monoisotopic (exact) mass is 239 g/mol. The smallest absolute Gasteiger partial charge is 0.261 e. The van der Waals surface area contributed by atoms with E-state index < -0.39 is 0 Å². The summed E-state index contributed by atoms with van der Waals surface area (Å²) in [6, 6.07) is 2.11. The van der Waals surface area contributed by atoms with Gasteiger partial charge in [-0.15, -0.1) is 24.0 Å². The van der Waals surface area contributed by atoms with Gasteiger partial charge in [0, 0.05) is 16.3 Å². The van der Waals surface area contributed by atoms with E-state index in [0.29, 0.717) is 6.04 Å². The topological polar surface area (TPSA) is 29.1 Å². The Hall–Kier alpha value is -0.740. The number of allylic oxidation sites excluding steroid dienone is 1. The first-order valence-electron chi connectivity index (χ1n) is 4.99. The Morgan fingerprint density at radius 3 is 3.00 bits per heavy atom. The van der Waals surface area contributed by atoms with Crippen LogP contribution in [-0.4, -0.2) is 11.9 Å². The molecule has 1 aliphatic rings. The zero-order valence-corrected chi connectivity index (χ0v) is 9.98. The maximum absolute atomic E-state index is 11.8. The van der Waals surface area contributed by atoms with Crippen molar-refractivity contribution in [1.82, 2.24) is 5.32 Å². The number of carbonyl (C=O) groups excluding carboxylic acids is 1. The van der Waals surface area contributed by atoms with E-state index in [1.165, 1.54) is 11.3 Å². The van der Waals surface area contributed by atoms with Crippen molar-refractivity contribution in [2.75, 3.05) is 0 Å². The van der Waals surface area contributed by atoms with Crippen molar-refractivity contribution in [2.45, 2.75) is 30.2 Å². The van der Waals surface area contributed by atoms with Crippen molar-refractivity contribution >= 4 is 29.9 Å². The Balaban J connectivity index is 1.94. The van der Waals surface area contributed by atoms with Crippen LogP contribution in [0.25, 0.3) is 0 Å². The fraction of sp³-hybridized carbons (Fsp3) is 0.364. The fourth-order valence-corrected chi connectivity index (χ4v) is 2.68. The van der Waals surface area contributed by atoms with Crippen molar-refractivity contribution in [3.05, 3.63) is 28.5 Å². The molecule has 0 spiro atoms. The van der Waals surface area contributed by atoms with Gasteiger partial charge in [-0.05, 0) is 25.3 Å². The SMILES string of the molecule is O=C(NC1CC=CCC1)c1cc(S)cs1. The number of carbonyl (C=O) groups is 1. The quantitative estimate of drug-likeness (QED) is 0.603. The van der Waals surface area contributed by atoms with Crippen molar-refractivity contribution in [3.8, 4) is 0 Å². The van der Waals surface area contributed by atoms with Crippen molar-refractivity contribution in [2.24, 2.45) is 0 Å². The van der Waals surface area contributed by atoms with Gasteiger partial charge in [-0.2, -0.15) is 0 Å². The zero-order valence-electron chi connectivity index (χ0n) is 8.27. The Kier molecular flexibility index (Phi) is 3.49. The van der Waals surface area contributed by atoms with Gasteiger partial charge in [0.15, 0.2) is 0 Å². The van der Waals surface area contributed by atoms with Gasteiger partial charge < -0.3 is 5.32 Å². The molecule has 1 aromatic rings. The Labute approximate surface area is 98.8 Å². The van der Waals surface area contributed by atoms with Gasteiger partial charge in [0.05, 0.1) is 4.88 Å². The molecular formula is C11H13NOS2. The van der Waals surface area contributed by atoms with Crippen LogP contribution < -0.4 is 5.32 Å². The summed E-state index contributed by atoms with van der Waals surface area (Å²) >= 11 is 5.62. The van der Waals surface area contributed by atoms with Gasteiger partial charge in [-0.25, -0.2) is 0 Å². The molecule has 1 unspecified atom stereocenters. The van der Waals surface area contributed by atoms with Gasteiger partial charge >= 0.3 is 0 Å². The van der Waals surface area contributed by atoms with Crippen LogP contribution in [0.1, 0.15) is 28.9 Å². The molecule has 0 fully saturated rings. The van der Waals surface area contributed by atoms with Crippen molar-refractivity contribution in [1.29, 1.82) is 0 Å². The highest BCUT2D eigenvalue weighted by Gasteiger charge is 2.15. The lowest BCUT2D eigenvalue weighted by molar-refractivity contribution is 0.0938. The van der Waals surface area contributed by atoms with Crippen LogP contribution in [0.2, 0.25) is 0 Å². The first kappa shape index (κ1) is 10.8. The number of thiophene rings is 1. The first-order chi connectivity index (χ1) is 7.25. The molecule has 0 aliphatic heterocycles. The molecule has 1 aromatic heterocycles. The Bertz CT molecular complexity index is 384. The van der Waals surface area contributed by atoms with E-state index in [2.05, 4.69) is 30.1 Å². The fourth-order valence-electron chi connectivity index (χ4n) is 1.63. The van der Waals surface area contributed by atoms with E-state index in [1.807, 2.05) is 11.4 Å². The largest absolute Gasteiger partial charge is 0.348 e. The number of amides is 1. The normalized spacial score (nSPS) is 20.2. The second-order valence-corrected chi connectivity index (χ2v) is 5.05. The van der Waals surface area contributed by atoms with Crippen LogP contribution in [-0.2, 0) is 0 Å². The molecule has 1 N–H and O–H groups in total. The summed E-state index contributed by atoms with van der Waals surface area (Å²) < 4.78 is 0. The molecule has 1 amide bonds. The van der Waals surface area contributed by atoms with E-state index in [-0.39, 0.29) is 5.91 Å². The highest BCUT2D eigenvalue weighted by atomic mass is 32.1. The van der Waals surface area contributed by atoms with Crippen LogP contribution in [0.4, 0.5) is 0 Å². The highest BCUT2D eigenvalue weighted by Crippen LogP contribution is 2.18. The van der Waals surface area contributed by atoms with E-state index in [4.69, 9.17) is 0 Å². The van der Waals surface area contributed by atoms with Crippen LogP contribution >= 0.6 is 24.0 Å². The lowest BCUT2D eigenvalue weighted by Crippen LogP contribution is -2.34. The second kappa shape index (κ2) is 4.86. The number of thiol groups is 1. The maximum Gasteiger partial charge on any atom is 0.261 e. The summed E-state index contributed by atoms with van der Waals surface area (Å²) in [5, 5.41) is 4.91. The number of hydrogen-bond donors (Lipinski definition) is 2. The second-order valence-electron chi connectivity index (χ2n) is 3.62. The number of nitrogens with one attached hydrogen (secondary N) is 1. The van der Waals surface area contributed by atoms with E-state index in [1.54, 1.807) is 0 Å². The number of hydrogen-bond acceptors (Lipinski definition) is 3. The molecule has 0 saturated carbocycles. The van der Waals surface area contributed by atoms with Gasteiger partial charge in [-0.1, -0.05) is 12.2 Å². The molecular weight excluding hydrogens is 226 g/mol. The van der Waals surface area contributed by atoms with Crippen LogP contribution in [0, 0.1) is 0 Å². The molecule has 2 nitrogen and oxygen atoms in total. The molecule has 15 heavy (non-hydrogen) atoms. The molecule has 0 radical (unpaired) electrons. The van der Waals surface area contributed by atoms with Gasteiger partial charge in [0.25, 0.3) is 5.91 Å². The minimum atomic E-state index is 0.0283. The standard InChI is InChI=1S/C11H13NOS2/c13-11(10-6-9(14)7-15-10)12-8-4-2-1-3-5-8/h1-2,6-8,14H,3-5H2,(H,12,13). The molecule has 2 rings (SSSR count). The van der Waals surface area contributed by atoms with E-state index >= 15 is 0 Å². The molecule has 0 bridgehead atoms. The summed E-state index contributed by atoms with van der Waals surface area (Å²) in [5.74, 6) is 0.0283.